The third-order valence-electron chi connectivity index (χ3n) is 4.45. The van der Waals surface area contributed by atoms with E-state index in [4.69, 9.17) is 15.2 Å². The SMILES string of the molecule is CCOc1ccccc1Cn1ccc2/c1=C(/NCCOC)N=C(N)CC\C=2. The van der Waals surface area contributed by atoms with Gasteiger partial charge in [-0.1, -0.05) is 24.3 Å². The molecule has 0 radical (unpaired) electrons. The zero-order valence-electron chi connectivity index (χ0n) is 16.1. The summed E-state index contributed by atoms with van der Waals surface area (Å²) < 4.78 is 13.2. The summed E-state index contributed by atoms with van der Waals surface area (Å²) in [6.07, 6.45) is 5.96. The molecule has 144 valence electrons. The summed E-state index contributed by atoms with van der Waals surface area (Å²) in [5, 5.41) is 5.59. The molecule has 0 saturated carbocycles. The number of para-hydroxylation sites is 1. The van der Waals surface area contributed by atoms with Gasteiger partial charge in [-0.25, -0.2) is 4.99 Å². The van der Waals surface area contributed by atoms with Crippen LogP contribution in [0.1, 0.15) is 25.3 Å². The second-order valence-corrected chi connectivity index (χ2v) is 6.40. The predicted octanol–water partition coefficient (Wildman–Crippen LogP) is 1.17. The van der Waals surface area contributed by atoms with Gasteiger partial charge in [0, 0.05) is 31.8 Å². The van der Waals surface area contributed by atoms with Crippen LogP contribution in [0, 0.1) is 0 Å². The molecule has 0 saturated heterocycles. The molecule has 2 heterocycles. The molecule has 0 unspecified atom stereocenters. The van der Waals surface area contributed by atoms with E-state index in [2.05, 4.69) is 39.3 Å². The Morgan fingerprint density at radius 1 is 1.26 bits per heavy atom. The van der Waals surface area contributed by atoms with Gasteiger partial charge in [-0.2, -0.15) is 0 Å². The number of hydrogen-bond donors (Lipinski definition) is 2. The number of rotatable bonds is 8. The normalized spacial score (nSPS) is 17.1. The zero-order chi connectivity index (χ0) is 19.1. The molecule has 6 nitrogen and oxygen atoms in total. The molecule has 0 bridgehead atoms. The van der Waals surface area contributed by atoms with Gasteiger partial charge in [0.2, 0.25) is 0 Å². The molecule has 0 amide bonds. The summed E-state index contributed by atoms with van der Waals surface area (Å²) in [5.41, 5.74) is 7.23. The number of fused-ring (bicyclic) bond motifs is 1. The van der Waals surface area contributed by atoms with E-state index < -0.39 is 0 Å². The average Bonchev–Trinajstić information content (AvgIpc) is 3.03. The molecule has 0 spiro atoms. The fourth-order valence-electron chi connectivity index (χ4n) is 3.20. The molecule has 1 aliphatic rings. The van der Waals surface area contributed by atoms with Gasteiger partial charge >= 0.3 is 0 Å². The summed E-state index contributed by atoms with van der Waals surface area (Å²) >= 11 is 0. The van der Waals surface area contributed by atoms with Gasteiger partial charge in [0.1, 0.15) is 11.6 Å². The van der Waals surface area contributed by atoms with Gasteiger partial charge in [-0.05, 0) is 30.7 Å². The van der Waals surface area contributed by atoms with Crippen molar-refractivity contribution in [1.29, 1.82) is 0 Å². The van der Waals surface area contributed by atoms with E-state index in [1.54, 1.807) is 7.11 Å². The minimum Gasteiger partial charge on any atom is -0.494 e. The smallest absolute Gasteiger partial charge is 0.152 e. The second-order valence-electron chi connectivity index (χ2n) is 6.40. The Kier molecular flexibility index (Phi) is 6.54. The van der Waals surface area contributed by atoms with Crippen molar-refractivity contribution >= 4 is 17.7 Å². The Bertz CT molecular complexity index is 915. The number of ether oxygens (including phenoxy) is 2. The third kappa shape index (κ3) is 4.71. The summed E-state index contributed by atoms with van der Waals surface area (Å²) in [7, 11) is 1.69. The van der Waals surface area contributed by atoms with E-state index in [0.717, 1.165) is 35.3 Å². The highest BCUT2D eigenvalue weighted by molar-refractivity contribution is 5.84. The number of hydrogen-bond acceptors (Lipinski definition) is 5. The number of methoxy groups -OCH3 is 1. The summed E-state index contributed by atoms with van der Waals surface area (Å²) in [5.74, 6) is 2.34. The summed E-state index contributed by atoms with van der Waals surface area (Å²) in [4.78, 5) is 4.65. The van der Waals surface area contributed by atoms with Crippen molar-refractivity contribution in [2.75, 3.05) is 26.9 Å². The molecular formula is C21H28N4O2. The Morgan fingerprint density at radius 3 is 2.93 bits per heavy atom. The number of nitrogens with zero attached hydrogens (tertiary/aromatic N) is 2. The van der Waals surface area contributed by atoms with E-state index in [0.29, 0.717) is 32.1 Å². The first-order valence-electron chi connectivity index (χ1n) is 9.39. The van der Waals surface area contributed by atoms with Crippen molar-refractivity contribution in [3.63, 3.8) is 0 Å². The van der Waals surface area contributed by atoms with Crippen molar-refractivity contribution in [3.05, 3.63) is 52.7 Å². The fraction of sp³-hybridized carbons (Fsp3) is 0.381. The van der Waals surface area contributed by atoms with Gasteiger partial charge in [-0.15, -0.1) is 0 Å². The number of aliphatic imine (C=N–C) groups is 1. The van der Waals surface area contributed by atoms with Gasteiger partial charge in [-0.3, -0.25) is 0 Å². The largest absolute Gasteiger partial charge is 0.494 e. The molecule has 3 N–H and O–H groups in total. The highest BCUT2D eigenvalue weighted by atomic mass is 16.5. The summed E-state index contributed by atoms with van der Waals surface area (Å²) in [6, 6.07) is 10.3. The quantitative estimate of drug-likeness (QED) is 0.686. The van der Waals surface area contributed by atoms with Gasteiger partial charge in [0.25, 0.3) is 0 Å². The first kappa shape index (κ1) is 19.0. The summed E-state index contributed by atoms with van der Waals surface area (Å²) in [6.45, 7) is 4.62. The number of nitrogens with two attached hydrogens (primary N) is 1. The van der Waals surface area contributed by atoms with Gasteiger partial charge < -0.3 is 25.1 Å². The van der Waals surface area contributed by atoms with Crippen LogP contribution >= 0.6 is 0 Å². The van der Waals surface area contributed by atoms with E-state index in [1.165, 1.54) is 5.22 Å². The molecule has 0 atom stereocenters. The Morgan fingerprint density at radius 2 is 2.11 bits per heavy atom. The predicted molar refractivity (Wildman–Crippen MR) is 109 cm³/mol. The first-order chi connectivity index (χ1) is 13.2. The molecule has 0 fully saturated rings. The number of benzene rings is 1. The Hall–Kier alpha value is -2.73. The second kappa shape index (κ2) is 9.28. The monoisotopic (exact) mass is 368 g/mol. The molecule has 2 aromatic rings. The maximum atomic E-state index is 6.10. The minimum atomic E-state index is 0.603. The molecular weight excluding hydrogens is 340 g/mol. The molecule has 1 aromatic carbocycles. The lowest BCUT2D eigenvalue weighted by Crippen LogP contribution is -2.38. The van der Waals surface area contributed by atoms with Crippen LogP contribution in [0.3, 0.4) is 0 Å². The van der Waals surface area contributed by atoms with Crippen LogP contribution < -0.4 is 26.4 Å². The van der Waals surface area contributed by atoms with Crippen molar-refractivity contribution < 1.29 is 9.47 Å². The number of aromatic nitrogens is 1. The minimum absolute atomic E-state index is 0.603. The molecule has 3 rings (SSSR count). The van der Waals surface area contributed by atoms with Crippen molar-refractivity contribution in [2.24, 2.45) is 10.7 Å². The topological polar surface area (TPSA) is 73.8 Å². The van der Waals surface area contributed by atoms with E-state index in [9.17, 15) is 0 Å². The lowest BCUT2D eigenvalue weighted by Gasteiger charge is -2.14. The van der Waals surface area contributed by atoms with Crippen molar-refractivity contribution in [2.45, 2.75) is 26.3 Å². The van der Waals surface area contributed by atoms with Crippen LogP contribution in [0.2, 0.25) is 0 Å². The van der Waals surface area contributed by atoms with Crippen LogP contribution in [-0.4, -0.2) is 37.3 Å². The fourth-order valence-corrected chi connectivity index (χ4v) is 3.20. The highest BCUT2D eigenvalue weighted by Crippen LogP contribution is 2.18. The maximum Gasteiger partial charge on any atom is 0.152 e. The van der Waals surface area contributed by atoms with Crippen molar-refractivity contribution in [1.82, 2.24) is 9.88 Å². The molecule has 27 heavy (non-hydrogen) atoms. The lowest BCUT2D eigenvalue weighted by molar-refractivity contribution is 0.203. The van der Waals surface area contributed by atoms with Crippen LogP contribution in [0.4, 0.5) is 0 Å². The molecule has 1 aromatic heterocycles. The molecule has 0 aliphatic carbocycles. The Balaban J connectivity index is 2.07. The van der Waals surface area contributed by atoms with E-state index in [1.807, 2.05) is 25.1 Å². The molecule has 6 heteroatoms. The lowest BCUT2D eigenvalue weighted by atomic mass is 10.2. The van der Waals surface area contributed by atoms with Gasteiger partial charge in [0.15, 0.2) is 5.82 Å². The highest BCUT2D eigenvalue weighted by Gasteiger charge is 2.10. The zero-order valence-corrected chi connectivity index (χ0v) is 16.1. The average molecular weight is 368 g/mol. The third-order valence-corrected chi connectivity index (χ3v) is 4.45. The van der Waals surface area contributed by atoms with E-state index in [-0.39, 0.29) is 0 Å². The van der Waals surface area contributed by atoms with Gasteiger partial charge in [0.05, 0.1) is 25.1 Å². The molecule has 1 aliphatic heterocycles. The van der Waals surface area contributed by atoms with E-state index >= 15 is 0 Å². The van der Waals surface area contributed by atoms with Crippen LogP contribution in [-0.2, 0) is 11.3 Å². The number of nitrogens with one attached hydrogen (secondary N) is 1. The van der Waals surface area contributed by atoms with Crippen molar-refractivity contribution in [3.8, 4) is 5.75 Å². The Labute approximate surface area is 160 Å². The van der Waals surface area contributed by atoms with Crippen LogP contribution in [0.25, 0.3) is 11.9 Å². The van der Waals surface area contributed by atoms with Crippen LogP contribution in [0.15, 0.2) is 41.5 Å². The standard InChI is InChI=1S/C21H28N4O2/c1-3-27-18-9-5-4-7-17(18)15-25-13-11-16-8-6-10-19(22)24-21(20(16)25)23-12-14-26-2/h4-5,7-9,11,13,23H,3,6,10,12,14-15H2,1-2H3,(H2,22,24)/b16-8-,21-20+. The first-order valence-corrected chi connectivity index (χ1v) is 9.39. The number of amidine groups is 1. The maximum absolute atomic E-state index is 6.10. The van der Waals surface area contributed by atoms with Crippen LogP contribution in [0.5, 0.6) is 5.75 Å².